The van der Waals surface area contributed by atoms with E-state index >= 15 is 0 Å². The number of aliphatic hydroxyl groups is 1. The van der Waals surface area contributed by atoms with Gasteiger partial charge in [-0.3, -0.25) is 4.90 Å². The molecule has 2 unspecified atom stereocenters. The maximum atomic E-state index is 12.7. The van der Waals surface area contributed by atoms with Gasteiger partial charge in [0.15, 0.2) is 0 Å². The number of nitrogens with one attached hydrogen (secondary N) is 1. The van der Waals surface area contributed by atoms with E-state index in [1.165, 1.54) is 0 Å². The molecule has 0 bridgehead atoms. The Morgan fingerprint density at radius 1 is 1.27 bits per heavy atom. The van der Waals surface area contributed by atoms with Crippen LogP contribution in [0.25, 0.3) is 0 Å². The third-order valence-electron chi connectivity index (χ3n) is 4.82. The molecular weight excluding hydrogens is 330 g/mol. The fraction of sp³-hybridized carbons (Fsp3) is 0.650. The molecule has 0 radical (unpaired) electrons. The Balaban J connectivity index is 1.93. The van der Waals surface area contributed by atoms with E-state index in [1.54, 1.807) is 4.90 Å². The Morgan fingerprint density at radius 2 is 1.88 bits per heavy atom. The second-order valence-corrected chi connectivity index (χ2v) is 7.76. The van der Waals surface area contributed by atoms with Gasteiger partial charge in [0.05, 0.1) is 18.8 Å². The summed E-state index contributed by atoms with van der Waals surface area (Å²) in [6.07, 6.45) is 0.385. The molecule has 1 saturated heterocycles. The molecule has 1 aliphatic heterocycles. The lowest BCUT2D eigenvalue weighted by atomic mass is 10.00. The van der Waals surface area contributed by atoms with Crippen molar-refractivity contribution in [3.8, 4) is 0 Å². The summed E-state index contributed by atoms with van der Waals surface area (Å²) in [5.74, 6) is 0. The lowest BCUT2D eigenvalue weighted by molar-refractivity contribution is -0.0948. The van der Waals surface area contributed by atoms with Gasteiger partial charge in [0.2, 0.25) is 0 Å². The molecule has 0 spiro atoms. The summed E-state index contributed by atoms with van der Waals surface area (Å²) >= 11 is 0. The lowest BCUT2D eigenvalue weighted by Crippen LogP contribution is -2.59. The van der Waals surface area contributed by atoms with Crippen LogP contribution < -0.4 is 5.32 Å². The number of hydrogen-bond donors (Lipinski definition) is 2. The third-order valence-corrected chi connectivity index (χ3v) is 4.82. The fourth-order valence-corrected chi connectivity index (χ4v) is 3.36. The van der Waals surface area contributed by atoms with E-state index in [1.807, 2.05) is 30.3 Å². The summed E-state index contributed by atoms with van der Waals surface area (Å²) in [6, 6.07) is 9.68. The molecule has 146 valence electrons. The smallest absolute Gasteiger partial charge is 0.317 e. The molecule has 2 amide bonds. The van der Waals surface area contributed by atoms with Crippen LogP contribution >= 0.6 is 0 Å². The summed E-state index contributed by atoms with van der Waals surface area (Å²) in [5, 5.41) is 12.4. The zero-order valence-corrected chi connectivity index (χ0v) is 16.4. The molecule has 6 heteroatoms. The normalized spacial score (nSPS) is 21.4. The molecule has 1 aromatic carbocycles. The van der Waals surface area contributed by atoms with Crippen LogP contribution in [-0.2, 0) is 11.3 Å². The quantitative estimate of drug-likeness (QED) is 0.778. The fourth-order valence-electron chi connectivity index (χ4n) is 3.36. The number of carbonyl (C=O) groups is 1. The first-order chi connectivity index (χ1) is 12.3. The zero-order valence-electron chi connectivity index (χ0n) is 16.4. The molecule has 1 aliphatic rings. The highest BCUT2D eigenvalue weighted by atomic mass is 16.5. The van der Waals surface area contributed by atoms with Crippen molar-refractivity contribution in [1.29, 1.82) is 0 Å². The maximum Gasteiger partial charge on any atom is 0.317 e. The summed E-state index contributed by atoms with van der Waals surface area (Å²) < 4.78 is 5.81. The summed E-state index contributed by atoms with van der Waals surface area (Å²) in [7, 11) is 0. The largest absolute Gasteiger partial charge is 0.395 e. The highest BCUT2D eigenvalue weighted by molar-refractivity contribution is 5.74. The van der Waals surface area contributed by atoms with Crippen molar-refractivity contribution >= 4 is 6.03 Å². The molecule has 2 N–H and O–H groups in total. The number of benzene rings is 1. The van der Waals surface area contributed by atoms with Gasteiger partial charge in [0, 0.05) is 38.3 Å². The predicted octanol–water partition coefficient (Wildman–Crippen LogP) is 2.08. The van der Waals surface area contributed by atoms with Crippen LogP contribution in [0, 0.1) is 0 Å². The van der Waals surface area contributed by atoms with Gasteiger partial charge in [-0.1, -0.05) is 30.3 Å². The van der Waals surface area contributed by atoms with Gasteiger partial charge < -0.3 is 20.1 Å². The van der Waals surface area contributed by atoms with Crippen LogP contribution in [0.1, 0.15) is 33.3 Å². The third kappa shape index (κ3) is 5.97. The highest BCUT2D eigenvalue weighted by Crippen LogP contribution is 2.20. The van der Waals surface area contributed by atoms with E-state index in [-0.39, 0.29) is 30.4 Å². The van der Waals surface area contributed by atoms with E-state index < -0.39 is 0 Å². The Kier molecular flexibility index (Phi) is 7.43. The van der Waals surface area contributed by atoms with Crippen molar-refractivity contribution < 1.29 is 14.6 Å². The van der Waals surface area contributed by atoms with E-state index in [9.17, 15) is 9.90 Å². The van der Waals surface area contributed by atoms with Crippen LogP contribution in [0.2, 0.25) is 0 Å². The minimum atomic E-state index is -0.167. The second-order valence-electron chi connectivity index (χ2n) is 7.76. The molecule has 1 heterocycles. The van der Waals surface area contributed by atoms with Crippen LogP contribution in [0.3, 0.4) is 0 Å². The number of aliphatic hydroxyl groups excluding tert-OH is 1. The van der Waals surface area contributed by atoms with Gasteiger partial charge in [-0.05, 0) is 33.3 Å². The number of hydrogen-bond acceptors (Lipinski definition) is 4. The average molecular weight is 364 g/mol. The Bertz CT molecular complexity index is 555. The van der Waals surface area contributed by atoms with Crippen molar-refractivity contribution in [1.82, 2.24) is 15.1 Å². The molecule has 26 heavy (non-hydrogen) atoms. The van der Waals surface area contributed by atoms with E-state index in [2.05, 4.69) is 37.9 Å². The topological polar surface area (TPSA) is 65.0 Å². The van der Waals surface area contributed by atoms with Crippen molar-refractivity contribution in [3.05, 3.63) is 35.9 Å². The van der Waals surface area contributed by atoms with Gasteiger partial charge in [0.1, 0.15) is 0 Å². The first kappa shape index (κ1) is 20.7. The Morgan fingerprint density at radius 3 is 2.46 bits per heavy atom. The maximum absolute atomic E-state index is 12.7. The molecule has 1 aromatic rings. The van der Waals surface area contributed by atoms with E-state index in [0.29, 0.717) is 19.6 Å². The predicted molar refractivity (Wildman–Crippen MR) is 103 cm³/mol. The summed E-state index contributed by atoms with van der Waals surface area (Å²) in [4.78, 5) is 16.7. The van der Waals surface area contributed by atoms with E-state index in [4.69, 9.17) is 4.74 Å². The van der Waals surface area contributed by atoms with Gasteiger partial charge in [0.25, 0.3) is 0 Å². The first-order valence-corrected chi connectivity index (χ1v) is 9.40. The number of rotatable bonds is 7. The molecule has 0 aromatic heterocycles. The lowest BCUT2D eigenvalue weighted by Gasteiger charge is -2.45. The van der Waals surface area contributed by atoms with Gasteiger partial charge in [-0.2, -0.15) is 0 Å². The van der Waals surface area contributed by atoms with Crippen molar-refractivity contribution in [2.75, 3.05) is 32.8 Å². The second kappa shape index (κ2) is 9.35. The van der Waals surface area contributed by atoms with Crippen LogP contribution in [0.5, 0.6) is 0 Å². The van der Waals surface area contributed by atoms with Crippen LogP contribution in [0.15, 0.2) is 30.3 Å². The molecular formula is C20H33N3O3. The van der Waals surface area contributed by atoms with Crippen molar-refractivity contribution in [2.45, 2.75) is 52.0 Å². The standard InChI is InChI=1S/C20H33N3O3/c1-16-12-23(13-17(2)26-16)20(3,4)15-21-19(25)22(10-11-24)14-18-8-6-5-7-9-18/h5-9,16-17,24H,10-15H2,1-4H3,(H,21,25). The zero-order chi connectivity index (χ0) is 19.2. The average Bonchev–Trinajstić information content (AvgIpc) is 2.59. The minimum Gasteiger partial charge on any atom is -0.395 e. The number of morpholine rings is 1. The molecule has 0 saturated carbocycles. The van der Waals surface area contributed by atoms with Gasteiger partial charge in [-0.15, -0.1) is 0 Å². The van der Waals surface area contributed by atoms with Crippen molar-refractivity contribution in [3.63, 3.8) is 0 Å². The molecule has 2 rings (SSSR count). The summed E-state index contributed by atoms with van der Waals surface area (Å²) in [6.45, 7) is 11.5. The number of urea groups is 1. The van der Waals surface area contributed by atoms with Gasteiger partial charge >= 0.3 is 6.03 Å². The molecule has 0 aliphatic carbocycles. The molecule has 6 nitrogen and oxygen atoms in total. The summed E-state index contributed by atoms with van der Waals surface area (Å²) in [5.41, 5.74) is 0.880. The van der Waals surface area contributed by atoms with Crippen molar-refractivity contribution in [2.24, 2.45) is 0 Å². The SMILES string of the molecule is CC1CN(C(C)(C)CNC(=O)N(CCO)Cc2ccccc2)CC(C)O1. The number of ether oxygens (including phenoxy) is 1. The molecule has 1 fully saturated rings. The molecule has 2 atom stereocenters. The number of carbonyl (C=O) groups excluding carboxylic acids is 1. The Labute approximate surface area is 157 Å². The Hall–Kier alpha value is -1.63. The number of amides is 2. The van der Waals surface area contributed by atoms with E-state index in [0.717, 1.165) is 18.7 Å². The minimum absolute atomic E-state index is 0.0534. The highest BCUT2D eigenvalue weighted by Gasteiger charge is 2.33. The monoisotopic (exact) mass is 363 g/mol. The number of nitrogens with zero attached hydrogens (tertiary/aromatic N) is 2. The van der Waals surface area contributed by atoms with Crippen LogP contribution in [0.4, 0.5) is 4.79 Å². The first-order valence-electron chi connectivity index (χ1n) is 9.40. The van der Waals surface area contributed by atoms with Gasteiger partial charge in [-0.25, -0.2) is 4.79 Å². The van der Waals surface area contributed by atoms with Crippen LogP contribution in [-0.4, -0.2) is 71.5 Å².